The van der Waals surface area contributed by atoms with Crippen LogP contribution in [0.1, 0.15) is 33.1 Å². The number of rotatable bonds is 6. The van der Waals surface area contributed by atoms with E-state index < -0.39 is 47.0 Å². The molecule has 2 aliphatic carbocycles. The van der Waals surface area contributed by atoms with Crippen molar-refractivity contribution >= 4 is 23.9 Å². The van der Waals surface area contributed by atoms with Gasteiger partial charge in [-0.25, -0.2) is 0 Å². The van der Waals surface area contributed by atoms with E-state index in [1.165, 1.54) is 14.2 Å². The Morgan fingerprint density at radius 2 is 1.50 bits per heavy atom. The molecule has 0 N–H and O–H groups in total. The summed E-state index contributed by atoms with van der Waals surface area (Å²) >= 11 is 0. The quantitative estimate of drug-likeness (QED) is 0.289. The van der Waals surface area contributed by atoms with Crippen LogP contribution in [0.25, 0.3) is 0 Å². The number of methoxy groups -OCH3 is 2. The lowest BCUT2D eigenvalue weighted by Crippen LogP contribution is -2.43. The van der Waals surface area contributed by atoms with Gasteiger partial charge < -0.3 is 18.9 Å². The maximum Gasteiger partial charge on any atom is 0.323 e. The number of carbonyl (C=O) groups excluding carboxylic acids is 4. The fraction of sp³-hybridized carbons (Fsp3) is 0.700. The lowest BCUT2D eigenvalue weighted by atomic mass is 9.66. The molecule has 2 aliphatic rings. The van der Waals surface area contributed by atoms with Crippen molar-refractivity contribution in [2.75, 3.05) is 27.4 Å². The summed E-state index contributed by atoms with van der Waals surface area (Å²) in [6.07, 6.45) is 0.395. The van der Waals surface area contributed by atoms with Crippen LogP contribution >= 0.6 is 0 Å². The molecule has 2 rings (SSSR count). The van der Waals surface area contributed by atoms with Crippen molar-refractivity contribution in [2.45, 2.75) is 33.1 Å². The van der Waals surface area contributed by atoms with Crippen molar-refractivity contribution < 1.29 is 38.1 Å². The van der Waals surface area contributed by atoms with Crippen molar-refractivity contribution in [3.05, 3.63) is 12.2 Å². The fourth-order valence-electron chi connectivity index (χ4n) is 4.65. The van der Waals surface area contributed by atoms with Crippen LogP contribution in [0.2, 0.25) is 0 Å². The monoisotopic (exact) mass is 396 g/mol. The number of fused-ring (bicyclic) bond motifs is 1. The fourth-order valence-corrected chi connectivity index (χ4v) is 4.65. The highest BCUT2D eigenvalue weighted by Crippen LogP contribution is 2.58. The van der Waals surface area contributed by atoms with E-state index in [1.807, 2.05) is 0 Å². The molecule has 0 saturated heterocycles. The van der Waals surface area contributed by atoms with Gasteiger partial charge in [0.05, 0.1) is 39.3 Å². The molecule has 0 amide bonds. The standard InChI is InChI=1S/C20H28O8/c1-6-27-18(23)20(19(24)28-7-2)9-13-11(3)8-12(16(21)25-4)15(14(13)10-20)17(22)26-5/h12-15H,3,6-10H2,1-2,4-5H3. The molecule has 4 atom stereocenters. The Bertz CT molecular complexity index is 649. The number of hydrogen-bond acceptors (Lipinski definition) is 8. The van der Waals surface area contributed by atoms with Crippen molar-refractivity contribution in [3.63, 3.8) is 0 Å². The first-order valence-electron chi connectivity index (χ1n) is 9.45. The van der Waals surface area contributed by atoms with Crippen LogP contribution in [0, 0.1) is 29.1 Å². The molecular formula is C20H28O8. The molecule has 4 unspecified atom stereocenters. The molecule has 156 valence electrons. The van der Waals surface area contributed by atoms with Crippen LogP contribution < -0.4 is 0 Å². The van der Waals surface area contributed by atoms with Crippen LogP contribution in [-0.4, -0.2) is 51.3 Å². The molecule has 0 aromatic carbocycles. The summed E-state index contributed by atoms with van der Waals surface area (Å²) < 4.78 is 20.2. The molecule has 0 radical (unpaired) electrons. The second-order valence-corrected chi connectivity index (χ2v) is 7.24. The Labute approximate surface area is 164 Å². The molecule has 0 aliphatic heterocycles. The van der Waals surface area contributed by atoms with Gasteiger partial charge in [-0.2, -0.15) is 0 Å². The third-order valence-electron chi connectivity index (χ3n) is 5.88. The Kier molecular flexibility index (Phi) is 6.85. The van der Waals surface area contributed by atoms with Crippen LogP contribution in [0.15, 0.2) is 12.2 Å². The molecule has 2 saturated carbocycles. The number of allylic oxidation sites excluding steroid dienone is 1. The van der Waals surface area contributed by atoms with Crippen molar-refractivity contribution in [3.8, 4) is 0 Å². The average Bonchev–Trinajstić information content (AvgIpc) is 3.09. The first-order valence-corrected chi connectivity index (χ1v) is 9.45. The van der Waals surface area contributed by atoms with Crippen LogP contribution in [0.5, 0.6) is 0 Å². The lowest BCUT2D eigenvalue weighted by Gasteiger charge is -2.38. The van der Waals surface area contributed by atoms with Crippen LogP contribution in [-0.2, 0) is 38.1 Å². The number of ether oxygens (including phenoxy) is 4. The molecule has 0 bridgehead atoms. The summed E-state index contributed by atoms with van der Waals surface area (Å²) in [5.74, 6) is -4.85. The van der Waals surface area contributed by atoms with Gasteiger partial charge >= 0.3 is 23.9 Å². The predicted octanol–water partition coefficient (Wildman–Crippen LogP) is 1.66. The second-order valence-electron chi connectivity index (χ2n) is 7.24. The maximum atomic E-state index is 12.8. The van der Waals surface area contributed by atoms with Crippen molar-refractivity contribution in [2.24, 2.45) is 29.1 Å². The van der Waals surface area contributed by atoms with Crippen LogP contribution in [0.3, 0.4) is 0 Å². The van der Waals surface area contributed by atoms with Gasteiger partial charge in [-0.1, -0.05) is 12.2 Å². The van der Waals surface area contributed by atoms with Gasteiger partial charge in [-0.05, 0) is 44.9 Å². The molecule has 8 nitrogen and oxygen atoms in total. The molecule has 0 spiro atoms. The normalized spacial score (nSPS) is 28.1. The van der Waals surface area contributed by atoms with Gasteiger partial charge in [0.25, 0.3) is 0 Å². The van der Waals surface area contributed by atoms with Gasteiger partial charge in [0.2, 0.25) is 0 Å². The van der Waals surface area contributed by atoms with Crippen molar-refractivity contribution in [1.82, 2.24) is 0 Å². The summed E-state index contributed by atoms with van der Waals surface area (Å²) in [5.41, 5.74) is -0.822. The summed E-state index contributed by atoms with van der Waals surface area (Å²) in [5, 5.41) is 0. The Balaban J connectivity index is 2.49. The SMILES string of the molecule is C=C1CC(C(=O)OC)C(C(=O)OC)C2CC(C(=O)OCC)(C(=O)OCC)CC12. The molecule has 28 heavy (non-hydrogen) atoms. The van der Waals surface area contributed by atoms with Gasteiger partial charge in [0, 0.05) is 0 Å². The zero-order valence-electron chi connectivity index (χ0n) is 16.8. The second kappa shape index (κ2) is 8.75. The van der Waals surface area contributed by atoms with Gasteiger partial charge in [-0.15, -0.1) is 0 Å². The molecule has 0 aromatic heterocycles. The minimum absolute atomic E-state index is 0.0294. The third kappa shape index (κ3) is 3.64. The Morgan fingerprint density at radius 3 is 1.96 bits per heavy atom. The maximum absolute atomic E-state index is 12.8. The summed E-state index contributed by atoms with van der Waals surface area (Å²) in [6, 6.07) is 0. The lowest BCUT2D eigenvalue weighted by molar-refractivity contribution is -0.172. The average molecular weight is 396 g/mol. The van der Waals surface area contributed by atoms with Crippen molar-refractivity contribution in [1.29, 1.82) is 0 Å². The number of esters is 4. The van der Waals surface area contributed by atoms with Gasteiger partial charge in [0.15, 0.2) is 5.41 Å². The molecular weight excluding hydrogens is 368 g/mol. The molecule has 8 heteroatoms. The predicted molar refractivity (Wildman–Crippen MR) is 96.7 cm³/mol. The van der Waals surface area contributed by atoms with E-state index in [9.17, 15) is 19.2 Å². The zero-order valence-corrected chi connectivity index (χ0v) is 16.8. The van der Waals surface area contributed by atoms with Crippen LogP contribution in [0.4, 0.5) is 0 Å². The minimum Gasteiger partial charge on any atom is -0.469 e. The first-order chi connectivity index (χ1) is 13.3. The highest BCUT2D eigenvalue weighted by Gasteiger charge is 2.63. The largest absolute Gasteiger partial charge is 0.469 e. The van der Waals surface area contributed by atoms with E-state index in [2.05, 4.69) is 6.58 Å². The van der Waals surface area contributed by atoms with E-state index >= 15 is 0 Å². The van der Waals surface area contributed by atoms with E-state index in [4.69, 9.17) is 18.9 Å². The topological polar surface area (TPSA) is 105 Å². The molecule has 0 heterocycles. The van der Waals surface area contributed by atoms with E-state index in [-0.39, 0.29) is 38.4 Å². The minimum atomic E-state index is -1.53. The smallest absolute Gasteiger partial charge is 0.323 e. The highest BCUT2D eigenvalue weighted by atomic mass is 16.6. The Morgan fingerprint density at radius 1 is 0.964 bits per heavy atom. The zero-order chi connectivity index (χ0) is 21.1. The van der Waals surface area contributed by atoms with E-state index in [0.717, 1.165) is 0 Å². The summed E-state index contributed by atoms with van der Waals surface area (Å²) in [6.45, 7) is 7.59. The molecule has 0 aromatic rings. The van der Waals surface area contributed by atoms with Gasteiger partial charge in [-0.3, -0.25) is 19.2 Å². The third-order valence-corrected chi connectivity index (χ3v) is 5.88. The first kappa shape index (κ1) is 21.9. The molecule has 2 fully saturated rings. The van der Waals surface area contributed by atoms with E-state index in [1.54, 1.807) is 13.8 Å². The summed E-state index contributed by atoms with van der Waals surface area (Å²) in [4.78, 5) is 50.5. The van der Waals surface area contributed by atoms with Gasteiger partial charge in [0.1, 0.15) is 0 Å². The number of carbonyl (C=O) groups is 4. The Hall–Kier alpha value is -2.38. The summed E-state index contributed by atoms with van der Waals surface area (Å²) in [7, 11) is 2.50. The van der Waals surface area contributed by atoms with E-state index in [0.29, 0.717) is 5.57 Å². The highest BCUT2D eigenvalue weighted by molar-refractivity contribution is 6.01. The number of hydrogen-bond donors (Lipinski definition) is 0.